The molecular formula is C8H16N2O3. The van der Waals surface area contributed by atoms with Crippen molar-refractivity contribution in [3.63, 3.8) is 0 Å². The Balaban J connectivity index is 4.31. The monoisotopic (exact) mass is 188 g/mol. The van der Waals surface area contributed by atoms with E-state index in [0.717, 1.165) is 0 Å². The van der Waals surface area contributed by atoms with Gasteiger partial charge in [0.15, 0.2) is 0 Å². The summed E-state index contributed by atoms with van der Waals surface area (Å²) in [6.07, 6.45) is 0.200. The molecule has 76 valence electrons. The zero-order valence-electron chi connectivity index (χ0n) is 7.99. The van der Waals surface area contributed by atoms with Gasteiger partial charge in [0.05, 0.1) is 0 Å². The number of aliphatic carboxylic acids is 1. The average molecular weight is 188 g/mol. The van der Waals surface area contributed by atoms with Crippen molar-refractivity contribution in [2.45, 2.75) is 26.3 Å². The van der Waals surface area contributed by atoms with Crippen molar-refractivity contribution in [1.82, 2.24) is 4.90 Å². The number of nitrogens with zero attached hydrogens (tertiary/aromatic N) is 1. The van der Waals surface area contributed by atoms with Gasteiger partial charge in [0, 0.05) is 19.5 Å². The molecular weight excluding hydrogens is 172 g/mol. The summed E-state index contributed by atoms with van der Waals surface area (Å²) in [5, 5.41) is 8.68. The van der Waals surface area contributed by atoms with Crippen LogP contribution in [0.4, 0.5) is 0 Å². The van der Waals surface area contributed by atoms with E-state index < -0.39 is 12.0 Å². The topological polar surface area (TPSA) is 83.6 Å². The molecule has 1 amide bonds. The van der Waals surface area contributed by atoms with Crippen LogP contribution in [0.25, 0.3) is 0 Å². The predicted octanol–water partition coefficient (Wildman–Crippen LogP) is -0.343. The van der Waals surface area contributed by atoms with E-state index >= 15 is 0 Å². The van der Waals surface area contributed by atoms with E-state index in [1.165, 1.54) is 11.8 Å². The maximum Gasteiger partial charge on any atom is 0.326 e. The van der Waals surface area contributed by atoms with Crippen LogP contribution in [0.5, 0.6) is 0 Å². The second-order valence-electron chi connectivity index (χ2n) is 2.73. The van der Waals surface area contributed by atoms with Crippen LogP contribution in [0.3, 0.4) is 0 Å². The van der Waals surface area contributed by atoms with Crippen LogP contribution >= 0.6 is 0 Å². The van der Waals surface area contributed by atoms with Crippen LogP contribution in [-0.2, 0) is 9.59 Å². The minimum Gasteiger partial charge on any atom is -0.480 e. The highest BCUT2D eigenvalue weighted by Crippen LogP contribution is 2.01. The first-order valence-electron chi connectivity index (χ1n) is 4.26. The molecule has 0 radical (unpaired) electrons. The van der Waals surface area contributed by atoms with E-state index in [-0.39, 0.29) is 18.9 Å². The summed E-state index contributed by atoms with van der Waals surface area (Å²) in [6.45, 7) is 3.88. The van der Waals surface area contributed by atoms with Crippen molar-refractivity contribution in [3.05, 3.63) is 0 Å². The first kappa shape index (κ1) is 11.9. The minimum absolute atomic E-state index is 0.200. The quantitative estimate of drug-likeness (QED) is 0.618. The van der Waals surface area contributed by atoms with Crippen molar-refractivity contribution >= 4 is 11.9 Å². The van der Waals surface area contributed by atoms with Crippen LogP contribution < -0.4 is 5.73 Å². The molecule has 0 bridgehead atoms. The molecule has 0 heterocycles. The molecule has 1 atom stereocenters. The SMILES string of the molecule is CCN(C(=O)CCN)[C@@H](C)C(=O)O. The van der Waals surface area contributed by atoms with Crippen molar-refractivity contribution in [1.29, 1.82) is 0 Å². The summed E-state index contributed by atoms with van der Waals surface area (Å²) < 4.78 is 0. The second kappa shape index (κ2) is 5.53. The number of carboxylic acids is 1. The van der Waals surface area contributed by atoms with Crippen LogP contribution in [-0.4, -0.2) is 41.0 Å². The molecule has 0 rings (SSSR count). The van der Waals surface area contributed by atoms with E-state index in [0.29, 0.717) is 6.54 Å². The van der Waals surface area contributed by atoms with Gasteiger partial charge < -0.3 is 15.7 Å². The molecule has 13 heavy (non-hydrogen) atoms. The first-order chi connectivity index (χ1) is 6.04. The van der Waals surface area contributed by atoms with Crippen molar-refractivity contribution in [3.8, 4) is 0 Å². The zero-order valence-corrected chi connectivity index (χ0v) is 7.99. The summed E-state index contributed by atoms with van der Waals surface area (Å²) in [6, 6.07) is -0.774. The summed E-state index contributed by atoms with van der Waals surface area (Å²) >= 11 is 0. The Labute approximate surface area is 77.5 Å². The molecule has 0 aliphatic carbocycles. The van der Waals surface area contributed by atoms with E-state index in [9.17, 15) is 9.59 Å². The fourth-order valence-electron chi connectivity index (χ4n) is 1.07. The number of hydrogen-bond acceptors (Lipinski definition) is 3. The highest BCUT2D eigenvalue weighted by atomic mass is 16.4. The van der Waals surface area contributed by atoms with E-state index in [2.05, 4.69) is 0 Å². The molecule has 0 spiro atoms. The van der Waals surface area contributed by atoms with Crippen LogP contribution in [0, 0.1) is 0 Å². The predicted molar refractivity (Wildman–Crippen MR) is 48.2 cm³/mol. The molecule has 0 saturated carbocycles. The van der Waals surface area contributed by atoms with Gasteiger partial charge in [0.2, 0.25) is 5.91 Å². The maximum absolute atomic E-state index is 11.3. The van der Waals surface area contributed by atoms with Gasteiger partial charge in [0.25, 0.3) is 0 Å². The largest absolute Gasteiger partial charge is 0.480 e. The summed E-state index contributed by atoms with van der Waals surface area (Å²) in [5.41, 5.74) is 5.20. The highest BCUT2D eigenvalue weighted by Gasteiger charge is 2.22. The number of carbonyl (C=O) groups excluding carboxylic acids is 1. The number of nitrogens with two attached hydrogens (primary N) is 1. The molecule has 5 nitrogen and oxygen atoms in total. The van der Waals surface area contributed by atoms with Crippen LogP contribution in [0.2, 0.25) is 0 Å². The van der Waals surface area contributed by atoms with E-state index in [1.54, 1.807) is 6.92 Å². The molecule has 0 aromatic heterocycles. The summed E-state index contributed by atoms with van der Waals surface area (Å²) in [7, 11) is 0. The smallest absolute Gasteiger partial charge is 0.326 e. The number of rotatable bonds is 5. The molecule has 5 heteroatoms. The fourth-order valence-corrected chi connectivity index (χ4v) is 1.07. The normalized spacial score (nSPS) is 12.2. The molecule has 0 saturated heterocycles. The summed E-state index contributed by atoms with van der Waals surface area (Å²) in [5.74, 6) is -1.20. The molecule has 0 aliphatic rings. The third-order valence-corrected chi connectivity index (χ3v) is 1.84. The number of carboxylic acid groups (broad SMARTS) is 1. The number of amides is 1. The molecule has 0 unspecified atom stereocenters. The van der Waals surface area contributed by atoms with Gasteiger partial charge in [-0.25, -0.2) is 4.79 Å². The average Bonchev–Trinajstić information content (AvgIpc) is 2.05. The molecule has 0 fully saturated rings. The third-order valence-electron chi connectivity index (χ3n) is 1.84. The van der Waals surface area contributed by atoms with Crippen LogP contribution in [0.1, 0.15) is 20.3 Å². The lowest BCUT2D eigenvalue weighted by Gasteiger charge is -2.24. The van der Waals surface area contributed by atoms with Gasteiger partial charge >= 0.3 is 5.97 Å². The molecule has 0 aromatic rings. The Kier molecular flexibility index (Phi) is 5.06. The van der Waals surface area contributed by atoms with Gasteiger partial charge in [-0.05, 0) is 13.8 Å². The van der Waals surface area contributed by atoms with Crippen molar-refractivity contribution in [2.75, 3.05) is 13.1 Å². The second-order valence-corrected chi connectivity index (χ2v) is 2.73. The summed E-state index contributed by atoms with van der Waals surface area (Å²) in [4.78, 5) is 23.2. The standard InChI is InChI=1S/C8H16N2O3/c1-3-10(6(2)8(12)13)7(11)4-5-9/h6H,3-5,9H2,1-2H3,(H,12,13)/t6-/m0/s1. The Morgan fingerprint density at radius 2 is 2.08 bits per heavy atom. The molecule has 0 aromatic carbocycles. The fraction of sp³-hybridized carbons (Fsp3) is 0.750. The van der Waals surface area contributed by atoms with Crippen molar-refractivity contribution < 1.29 is 14.7 Å². The first-order valence-corrected chi connectivity index (χ1v) is 4.26. The molecule has 0 aliphatic heterocycles. The van der Waals surface area contributed by atoms with Crippen molar-refractivity contribution in [2.24, 2.45) is 5.73 Å². The third kappa shape index (κ3) is 3.42. The van der Waals surface area contributed by atoms with Gasteiger partial charge in [-0.2, -0.15) is 0 Å². The lowest BCUT2D eigenvalue weighted by molar-refractivity contribution is -0.149. The van der Waals surface area contributed by atoms with Crippen LogP contribution in [0.15, 0.2) is 0 Å². The zero-order chi connectivity index (χ0) is 10.4. The van der Waals surface area contributed by atoms with Gasteiger partial charge in [0.1, 0.15) is 6.04 Å². The highest BCUT2D eigenvalue weighted by molar-refractivity contribution is 5.83. The Morgan fingerprint density at radius 3 is 2.38 bits per heavy atom. The minimum atomic E-state index is -0.993. The van der Waals surface area contributed by atoms with Gasteiger partial charge in [-0.3, -0.25) is 4.79 Å². The Hall–Kier alpha value is -1.10. The number of likely N-dealkylation sites (N-methyl/N-ethyl adjacent to an activating group) is 1. The Morgan fingerprint density at radius 1 is 1.54 bits per heavy atom. The van der Waals surface area contributed by atoms with Gasteiger partial charge in [-0.1, -0.05) is 0 Å². The maximum atomic E-state index is 11.3. The molecule has 3 N–H and O–H groups in total. The lowest BCUT2D eigenvalue weighted by atomic mass is 10.2. The van der Waals surface area contributed by atoms with Gasteiger partial charge in [-0.15, -0.1) is 0 Å². The van der Waals surface area contributed by atoms with E-state index in [1.807, 2.05) is 0 Å². The lowest BCUT2D eigenvalue weighted by Crippen LogP contribution is -2.43. The van der Waals surface area contributed by atoms with E-state index in [4.69, 9.17) is 10.8 Å². The number of hydrogen-bond donors (Lipinski definition) is 2. The Bertz CT molecular complexity index is 194. The number of carbonyl (C=O) groups is 2.